The predicted octanol–water partition coefficient (Wildman–Crippen LogP) is 4.14. The van der Waals surface area contributed by atoms with E-state index in [1.807, 2.05) is 0 Å². The zero-order valence-electron chi connectivity index (χ0n) is 16.3. The second-order valence-corrected chi connectivity index (χ2v) is 6.87. The third-order valence-corrected chi connectivity index (χ3v) is 3.85. The lowest BCUT2D eigenvalue weighted by molar-refractivity contribution is -0.154. The third-order valence-electron chi connectivity index (χ3n) is 3.85. The van der Waals surface area contributed by atoms with Crippen LogP contribution in [0.5, 0.6) is 5.88 Å². The zero-order valence-corrected chi connectivity index (χ0v) is 16.3. The molecule has 0 aliphatic heterocycles. The number of nitrogens with zero attached hydrogens (tertiary/aromatic N) is 2. The van der Waals surface area contributed by atoms with Crippen LogP contribution < -0.4 is 10.1 Å². The number of carbonyl (C=O) groups is 2. The first-order valence-electron chi connectivity index (χ1n) is 9.01. The summed E-state index contributed by atoms with van der Waals surface area (Å²) in [7, 11) is 0. The molecular formula is C20H22F3N3O3. The number of nitrogens with one attached hydrogen (secondary N) is 1. The molecule has 0 aliphatic rings. The molecule has 0 radical (unpaired) electrons. The van der Waals surface area contributed by atoms with Crippen LogP contribution in [0.2, 0.25) is 0 Å². The largest absolute Gasteiger partial charge is 0.468 e. The highest BCUT2D eigenvalue weighted by atomic mass is 19.4. The van der Waals surface area contributed by atoms with Gasteiger partial charge in [-0.05, 0) is 37.1 Å². The van der Waals surface area contributed by atoms with Crippen molar-refractivity contribution >= 4 is 17.5 Å². The second-order valence-electron chi connectivity index (χ2n) is 6.87. The molecule has 0 aromatic carbocycles. The molecule has 6 nitrogen and oxygen atoms in total. The summed E-state index contributed by atoms with van der Waals surface area (Å²) in [5.41, 5.74) is 1.51. The summed E-state index contributed by atoms with van der Waals surface area (Å²) in [4.78, 5) is 32.3. The van der Waals surface area contributed by atoms with Gasteiger partial charge in [-0.15, -0.1) is 0 Å². The van der Waals surface area contributed by atoms with Gasteiger partial charge in [-0.3, -0.25) is 9.59 Å². The fraction of sp³-hybridized carbons (Fsp3) is 0.400. The van der Waals surface area contributed by atoms with Crippen molar-refractivity contribution in [1.82, 2.24) is 9.97 Å². The van der Waals surface area contributed by atoms with Crippen molar-refractivity contribution in [2.45, 2.75) is 39.8 Å². The first kappa shape index (κ1) is 22.3. The molecule has 2 aromatic heterocycles. The number of carbonyl (C=O) groups excluding carboxylic acids is 2. The summed E-state index contributed by atoms with van der Waals surface area (Å²) in [5, 5.41) is 2.63. The number of pyridine rings is 2. The fourth-order valence-corrected chi connectivity index (χ4v) is 2.39. The monoisotopic (exact) mass is 409 g/mol. The van der Waals surface area contributed by atoms with E-state index in [0.29, 0.717) is 16.8 Å². The quantitative estimate of drug-likeness (QED) is 0.663. The predicted molar refractivity (Wildman–Crippen MR) is 101 cm³/mol. The Morgan fingerprint density at radius 3 is 2.59 bits per heavy atom. The number of Topliss-reactive ketones (excluding diaryl/α,β-unsaturated/α-hetero) is 1. The second kappa shape index (κ2) is 9.49. The van der Waals surface area contributed by atoms with Gasteiger partial charge in [0.2, 0.25) is 11.8 Å². The molecule has 2 heterocycles. The van der Waals surface area contributed by atoms with Gasteiger partial charge in [-0.1, -0.05) is 13.8 Å². The average molecular weight is 409 g/mol. The molecule has 0 fully saturated rings. The van der Waals surface area contributed by atoms with E-state index in [0.717, 1.165) is 0 Å². The van der Waals surface area contributed by atoms with E-state index in [1.165, 1.54) is 24.4 Å². The number of hydrogen-bond donors (Lipinski definition) is 1. The van der Waals surface area contributed by atoms with Crippen molar-refractivity contribution in [2.24, 2.45) is 5.92 Å². The molecule has 29 heavy (non-hydrogen) atoms. The van der Waals surface area contributed by atoms with Gasteiger partial charge in [0.25, 0.3) is 0 Å². The van der Waals surface area contributed by atoms with Crippen molar-refractivity contribution in [3.63, 3.8) is 0 Å². The third kappa shape index (κ3) is 7.52. The van der Waals surface area contributed by atoms with Crippen LogP contribution >= 0.6 is 0 Å². The molecule has 9 heteroatoms. The van der Waals surface area contributed by atoms with Gasteiger partial charge in [-0.2, -0.15) is 13.2 Å². The standard InChI is InChI=1S/C20H22F3N3O3/c1-12(2)19(28)26-17-10-14(6-7-24-17)16(27)5-4-15-8-13(3)9-18(25-15)29-11-20(21,22)23/h6-10,12H,4-5,11H2,1-3H3,(H,24,26,28). The van der Waals surface area contributed by atoms with Crippen molar-refractivity contribution in [3.05, 3.63) is 47.3 Å². The molecule has 0 saturated heterocycles. The molecule has 0 aliphatic carbocycles. The first-order valence-corrected chi connectivity index (χ1v) is 9.01. The molecular weight excluding hydrogens is 387 g/mol. The number of halogens is 3. The number of ketones is 1. The van der Waals surface area contributed by atoms with E-state index in [-0.39, 0.29) is 42.1 Å². The number of aromatic nitrogens is 2. The van der Waals surface area contributed by atoms with Gasteiger partial charge >= 0.3 is 6.18 Å². The van der Waals surface area contributed by atoms with E-state index >= 15 is 0 Å². The summed E-state index contributed by atoms with van der Waals surface area (Å²) >= 11 is 0. The van der Waals surface area contributed by atoms with E-state index in [1.54, 1.807) is 26.8 Å². The Balaban J connectivity index is 2.02. The molecule has 0 bridgehead atoms. The highest BCUT2D eigenvalue weighted by Crippen LogP contribution is 2.19. The van der Waals surface area contributed by atoms with Crippen LogP contribution in [0.3, 0.4) is 0 Å². The number of rotatable bonds is 8. The van der Waals surface area contributed by atoms with Gasteiger partial charge in [0.15, 0.2) is 12.4 Å². The Bertz CT molecular complexity index is 883. The van der Waals surface area contributed by atoms with Crippen LogP contribution in [0.4, 0.5) is 19.0 Å². The minimum atomic E-state index is -4.45. The van der Waals surface area contributed by atoms with Crippen LogP contribution in [0, 0.1) is 12.8 Å². The summed E-state index contributed by atoms with van der Waals surface area (Å²) in [6.07, 6.45) is -2.70. The Morgan fingerprint density at radius 1 is 1.21 bits per heavy atom. The van der Waals surface area contributed by atoms with Crippen LogP contribution in [0.1, 0.15) is 41.9 Å². The number of hydrogen-bond acceptors (Lipinski definition) is 5. The fourth-order valence-electron chi connectivity index (χ4n) is 2.39. The summed E-state index contributed by atoms with van der Waals surface area (Å²) < 4.78 is 41.6. The molecule has 0 spiro atoms. The Kier molecular flexibility index (Phi) is 7.30. The molecule has 1 N–H and O–H groups in total. The van der Waals surface area contributed by atoms with Crippen molar-refractivity contribution in [1.29, 1.82) is 0 Å². The molecule has 2 aromatic rings. The first-order chi connectivity index (χ1) is 13.5. The molecule has 0 atom stereocenters. The lowest BCUT2D eigenvalue weighted by Gasteiger charge is -2.11. The Morgan fingerprint density at radius 2 is 1.93 bits per heavy atom. The van der Waals surface area contributed by atoms with Crippen molar-refractivity contribution < 1.29 is 27.5 Å². The number of alkyl halides is 3. The smallest absolute Gasteiger partial charge is 0.422 e. The zero-order chi connectivity index (χ0) is 21.6. The lowest BCUT2D eigenvalue weighted by atomic mass is 10.1. The Hall–Kier alpha value is -2.97. The summed E-state index contributed by atoms with van der Waals surface area (Å²) in [6, 6.07) is 6.12. The van der Waals surface area contributed by atoms with Crippen molar-refractivity contribution in [3.8, 4) is 5.88 Å². The molecule has 0 unspecified atom stereocenters. The summed E-state index contributed by atoms with van der Waals surface area (Å²) in [6.45, 7) is 3.77. The minimum Gasteiger partial charge on any atom is -0.468 e. The van der Waals surface area contributed by atoms with Gasteiger partial charge in [0.05, 0.1) is 0 Å². The van der Waals surface area contributed by atoms with E-state index in [2.05, 4.69) is 20.0 Å². The lowest BCUT2D eigenvalue weighted by Crippen LogP contribution is -2.20. The van der Waals surface area contributed by atoms with Crippen LogP contribution in [0.25, 0.3) is 0 Å². The highest BCUT2D eigenvalue weighted by Gasteiger charge is 2.28. The maximum absolute atomic E-state index is 12.5. The van der Waals surface area contributed by atoms with Crippen LogP contribution in [0.15, 0.2) is 30.5 Å². The molecule has 0 saturated carbocycles. The Labute approximate surface area is 166 Å². The topological polar surface area (TPSA) is 81.2 Å². The summed E-state index contributed by atoms with van der Waals surface area (Å²) in [5.74, 6) is -0.485. The van der Waals surface area contributed by atoms with Crippen LogP contribution in [-0.2, 0) is 11.2 Å². The number of anilines is 1. The van der Waals surface area contributed by atoms with E-state index in [4.69, 9.17) is 0 Å². The average Bonchev–Trinajstić information content (AvgIpc) is 2.63. The van der Waals surface area contributed by atoms with Gasteiger partial charge in [0, 0.05) is 35.9 Å². The number of amides is 1. The van der Waals surface area contributed by atoms with Crippen molar-refractivity contribution in [2.75, 3.05) is 11.9 Å². The van der Waals surface area contributed by atoms with E-state index in [9.17, 15) is 22.8 Å². The van der Waals surface area contributed by atoms with Gasteiger partial charge in [-0.25, -0.2) is 9.97 Å². The normalized spacial score (nSPS) is 11.4. The minimum absolute atomic E-state index is 0.0940. The SMILES string of the molecule is Cc1cc(CCC(=O)c2ccnc(NC(=O)C(C)C)c2)nc(OCC(F)(F)F)c1. The maximum atomic E-state index is 12.5. The number of ether oxygens (including phenoxy) is 1. The van der Waals surface area contributed by atoms with E-state index < -0.39 is 12.8 Å². The van der Waals surface area contributed by atoms with Crippen LogP contribution in [-0.4, -0.2) is 34.4 Å². The molecule has 1 amide bonds. The van der Waals surface area contributed by atoms with Gasteiger partial charge < -0.3 is 10.1 Å². The van der Waals surface area contributed by atoms with Gasteiger partial charge in [0.1, 0.15) is 5.82 Å². The molecule has 156 valence electrons. The maximum Gasteiger partial charge on any atom is 0.422 e. The molecule has 2 rings (SSSR count). The highest BCUT2D eigenvalue weighted by molar-refractivity contribution is 5.98. The number of aryl methyl sites for hydroxylation is 2.